The van der Waals surface area contributed by atoms with E-state index in [-0.39, 0.29) is 0 Å². The van der Waals surface area contributed by atoms with E-state index in [1.165, 1.54) is 11.0 Å². The molecule has 1 N–H and O–H groups in total. The summed E-state index contributed by atoms with van der Waals surface area (Å²) in [6.45, 7) is 2.50. The molecule has 1 heterocycles. The molecule has 0 unspecified atom stereocenters. The third-order valence-electron chi connectivity index (χ3n) is 2.13. The summed E-state index contributed by atoms with van der Waals surface area (Å²) in [6, 6.07) is 5.36. The number of nitrogens with zero attached hydrogens (tertiary/aromatic N) is 3. The van der Waals surface area contributed by atoms with E-state index in [1.807, 2.05) is 13.0 Å². The van der Waals surface area contributed by atoms with E-state index in [2.05, 4.69) is 15.3 Å². The summed E-state index contributed by atoms with van der Waals surface area (Å²) in [4.78, 5) is 0. The molecule has 0 aliphatic heterocycles. The zero-order valence-electron chi connectivity index (χ0n) is 9.63. The highest BCUT2D eigenvalue weighted by molar-refractivity contribution is 7.71. The molecule has 0 saturated carbocycles. The highest BCUT2D eigenvalue weighted by Crippen LogP contribution is 2.21. The van der Waals surface area contributed by atoms with Crippen LogP contribution in [0.25, 0.3) is 0 Å². The van der Waals surface area contributed by atoms with Gasteiger partial charge in [-0.25, -0.2) is 0 Å². The van der Waals surface area contributed by atoms with Gasteiger partial charge in [-0.2, -0.15) is 14.9 Å². The highest BCUT2D eigenvalue weighted by Gasteiger charge is 2.02. The minimum Gasteiger partial charge on any atom is -0.493 e. The van der Waals surface area contributed by atoms with E-state index in [4.69, 9.17) is 28.6 Å². The Hall–Kier alpha value is -1.66. The van der Waals surface area contributed by atoms with Crippen LogP contribution in [0.4, 0.5) is 0 Å². The maximum atomic E-state index is 5.95. The van der Waals surface area contributed by atoms with Gasteiger partial charge in [0.15, 0.2) is 0 Å². The number of aromatic nitrogens is 3. The average Bonchev–Trinajstić information content (AvgIpc) is 2.75. The van der Waals surface area contributed by atoms with Gasteiger partial charge in [-0.05, 0) is 37.3 Å². The molecular weight excluding hydrogens is 272 g/mol. The van der Waals surface area contributed by atoms with Crippen LogP contribution < -0.4 is 4.74 Å². The molecule has 0 radical (unpaired) electrons. The van der Waals surface area contributed by atoms with E-state index < -0.39 is 0 Å². The maximum Gasteiger partial charge on any atom is 0.216 e. The molecule has 18 heavy (non-hydrogen) atoms. The largest absolute Gasteiger partial charge is 0.493 e. The number of rotatable bonds is 4. The number of halogens is 1. The van der Waals surface area contributed by atoms with Crippen LogP contribution in [-0.2, 0) is 0 Å². The number of aromatic amines is 1. The SMILES string of the molecule is CCOc1ccc(Cl)cc1C=Nn1cn[nH]c1=S. The Balaban J connectivity index is 2.33. The van der Waals surface area contributed by atoms with Crippen molar-refractivity contribution in [2.75, 3.05) is 6.61 Å². The molecule has 0 bridgehead atoms. The van der Waals surface area contributed by atoms with Crippen LogP contribution in [0.2, 0.25) is 5.02 Å². The molecule has 5 nitrogen and oxygen atoms in total. The lowest BCUT2D eigenvalue weighted by molar-refractivity contribution is 0.340. The van der Waals surface area contributed by atoms with Crippen LogP contribution in [0.1, 0.15) is 12.5 Å². The lowest BCUT2D eigenvalue weighted by Gasteiger charge is -2.06. The third kappa shape index (κ3) is 2.96. The fraction of sp³-hybridized carbons (Fsp3) is 0.182. The maximum absolute atomic E-state index is 5.95. The summed E-state index contributed by atoms with van der Waals surface area (Å²) in [7, 11) is 0. The summed E-state index contributed by atoms with van der Waals surface area (Å²) < 4.78 is 7.36. The summed E-state index contributed by atoms with van der Waals surface area (Å²) in [5, 5.41) is 11.2. The molecular formula is C11H11ClN4OS. The smallest absolute Gasteiger partial charge is 0.216 e. The number of benzene rings is 1. The van der Waals surface area contributed by atoms with Crippen molar-refractivity contribution in [2.45, 2.75) is 6.92 Å². The monoisotopic (exact) mass is 282 g/mol. The summed E-state index contributed by atoms with van der Waals surface area (Å²) in [5.74, 6) is 0.723. The molecule has 0 saturated heterocycles. The standard InChI is InChI=1S/C11H11ClN4OS/c1-2-17-10-4-3-9(12)5-8(10)6-14-16-7-13-15-11(16)18/h3-7H,2H2,1H3,(H,15,18). The second-order valence-corrected chi connectivity index (χ2v) is 4.19. The van der Waals surface area contributed by atoms with Gasteiger partial charge < -0.3 is 4.74 Å². The van der Waals surface area contributed by atoms with Crippen molar-refractivity contribution in [3.63, 3.8) is 0 Å². The van der Waals surface area contributed by atoms with E-state index in [1.54, 1.807) is 18.3 Å². The Morgan fingerprint density at radius 2 is 2.44 bits per heavy atom. The lowest BCUT2D eigenvalue weighted by atomic mass is 10.2. The molecule has 2 rings (SSSR count). The van der Waals surface area contributed by atoms with Crippen LogP contribution in [-0.4, -0.2) is 27.7 Å². The molecule has 0 aliphatic carbocycles. The average molecular weight is 283 g/mol. The topological polar surface area (TPSA) is 55.2 Å². The van der Waals surface area contributed by atoms with Crippen LogP contribution in [0.15, 0.2) is 29.6 Å². The Morgan fingerprint density at radius 3 is 3.11 bits per heavy atom. The van der Waals surface area contributed by atoms with Crippen molar-refractivity contribution in [1.82, 2.24) is 14.9 Å². The lowest BCUT2D eigenvalue weighted by Crippen LogP contribution is -1.97. The number of hydrogen-bond donors (Lipinski definition) is 1. The number of nitrogens with one attached hydrogen (secondary N) is 1. The van der Waals surface area contributed by atoms with Gasteiger partial charge in [-0.3, -0.25) is 5.10 Å². The predicted molar refractivity (Wildman–Crippen MR) is 73.0 cm³/mol. The van der Waals surface area contributed by atoms with E-state index in [9.17, 15) is 0 Å². The van der Waals surface area contributed by atoms with E-state index >= 15 is 0 Å². The normalized spacial score (nSPS) is 11.0. The van der Waals surface area contributed by atoms with Gasteiger partial charge in [-0.15, -0.1) is 0 Å². The van der Waals surface area contributed by atoms with Crippen molar-refractivity contribution in [2.24, 2.45) is 5.10 Å². The predicted octanol–water partition coefficient (Wildman–Crippen LogP) is 2.87. The van der Waals surface area contributed by atoms with Gasteiger partial charge in [-0.1, -0.05) is 11.6 Å². The first kappa shape index (κ1) is 12.8. The second-order valence-electron chi connectivity index (χ2n) is 3.37. The van der Waals surface area contributed by atoms with Crippen LogP contribution in [0.5, 0.6) is 5.75 Å². The van der Waals surface area contributed by atoms with Crippen molar-refractivity contribution < 1.29 is 4.74 Å². The first-order chi connectivity index (χ1) is 8.70. The molecule has 2 aromatic rings. The minimum atomic E-state index is 0.422. The Labute approximate surface area is 114 Å². The quantitative estimate of drug-likeness (QED) is 0.693. The fourth-order valence-electron chi connectivity index (χ4n) is 1.36. The zero-order chi connectivity index (χ0) is 13.0. The van der Waals surface area contributed by atoms with Crippen molar-refractivity contribution >= 4 is 30.0 Å². The number of ether oxygens (including phenoxy) is 1. The number of hydrogen-bond acceptors (Lipinski definition) is 4. The molecule has 1 aromatic carbocycles. The van der Waals surface area contributed by atoms with Gasteiger partial charge in [0.1, 0.15) is 12.1 Å². The van der Waals surface area contributed by atoms with Crippen LogP contribution >= 0.6 is 23.8 Å². The van der Waals surface area contributed by atoms with Gasteiger partial charge in [0.25, 0.3) is 0 Å². The first-order valence-electron chi connectivity index (χ1n) is 5.29. The Kier molecular flexibility index (Phi) is 4.11. The van der Waals surface area contributed by atoms with Gasteiger partial charge in [0.2, 0.25) is 4.77 Å². The van der Waals surface area contributed by atoms with Crippen LogP contribution in [0, 0.1) is 4.77 Å². The van der Waals surface area contributed by atoms with E-state index in [0.717, 1.165) is 11.3 Å². The van der Waals surface area contributed by atoms with Gasteiger partial charge >= 0.3 is 0 Å². The zero-order valence-corrected chi connectivity index (χ0v) is 11.2. The molecule has 0 spiro atoms. The summed E-state index contributed by atoms with van der Waals surface area (Å²) >= 11 is 10.9. The van der Waals surface area contributed by atoms with Crippen molar-refractivity contribution in [1.29, 1.82) is 0 Å². The first-order valence-corrected chi connectivity index (χ1v) is 6.08. The third-order valence-corrected chi connectivity index (χ3v) is 2.64. The van der Waals surface area contributed by atoms with E-state index in [0.29, 0.717) is 16.4 Å². The molecule has 1 aromatic heterocycles. The minimum absolute atomic E-state index is 0.422. The number of H-pyrrole nitrogens is 1. The Bertz CT molecular complexity index is 620. The molecule has 0 fully saturated rings. The van der Waals surface area contributed by atoms with Crippen molar-refractivity contribution in [3.8, 4) is 5.75 Å². The highest BCUT2D eigenvalue weighted by atomic mass is 35.5. The second kappa shape index (κ2) is 5.79. The van der Waals surface area contributed by atoms with Gasteiger partial charge in [0.05, 0.1) is 12.8 Å². The molecule has 0 atom stereocenters. The summed E-state index contributed by atoms with van der Waals surface area (Å²) in [6.07, 6.45) is 3.12. The molecule has 0 amide bonds. The molecule has 7 heteroatoms. The molecule has 94 valence electrons. The fourth-order valence-corrected chi connectivity index (χ4v) is 1.68. The Morgan fingerprint density at radius 1 is 1.61 bits per heavy atom. The van der Waals surface area contributed by atoms with Crippen LogP contribution in [0.3, 0.4) is 0 Å². The van der Waals surface area contributed by atoms with Gasteiger partial charge in [0, 0.05) is 10.6 Å². The summed E-state index contributed by atoms with van der Waals surface area (Å²) in [5.41, 5.74) is 0.785. The van der Waals surface area contributed by atoms with Crippen molar-refractivity contribution in [3.05, 3.63) is 39.9 Å². The molecule has 0 aliphatic rings.